The largest absolute Gasteiger partial charge is 0.378 e. The third-order valence-electron chi connectivity index (χ3n) is 4.78. The zero-order valence-corrected chi connectivity index (χ0v) is 14.3. The number of rotatable bonds is 7. The average Bonchev–Trinajstić information content (AvgIpc) is 2.34. The highest BCUT2D eigenvalue weighted by molar-refractivity contribution is 5.85. The highest BCUT2D eigenvalue weighted by atomic mass is 35.5. The molecular weight excluding hydrogens is 276 g/mol. The molecule has 20 heavy (non-hydrogen) atoms. The average molecular weight is 307 g/mol. The Hall–Kier alpha value is -0.320. The Morgan fingerprint density at radius 1 is 1.40 bits per heavy atom. The van der Waals surface area contributed by atoms with Crippen molar-refractivity contribution in [3.63, 3.8) is 0 Å². The van der Waals surface area contributed by atoms with Crippen LogP contribution in [0.2, 0.25) is 0 Å². The Morgan fingerprint density at radius 2 is 1.95 bits per heavy atom. The van der Waals surface area contributed by atoms with Gasteiger partial charge in [0.15, 0.2) is 0 Å². The maximum atomic E-state index is 12.2. The number of hydrogen-bond donors (Lipinski definition) is 1. The van der Waals surface area contributed by atoms with Crippen LogP contribution in [0.3, 0.4) is 0 Å². The first kappa shape index (κ1) is 19.7. The van der Waals surface area contributed by atoms with Gasteiger partial charge in [0.1, 0.15) is 0 Å². The lowest BCUT2D eigenvalue weighted by Crippen LogP contribution is -2.64. The van der Waals surface area contributed by atoms with Gasteiger partial charge in [-0.2, -0.15) is 0 Å². The van der Waals surface area contributed by atoms with Crippen LogP contribution in [-0.2, 0) is 9.53 Å². The van der Waals surface area contributed by atoms with Crippen molar-refractivity contribution in [2.24, 2.45) is 11.1 Å². The predicted molar refractivity (Wildman–Crippen MR) is 85.1 cm³/mol. The summed E-state index contributed by atoms with van der Waals surface area (Å²) in [5, 5.41) is 0. The fourth-order valence-electron chi connectivity index (χ4n) is 3.48. The summed E-state index contributed by atoms with van der Waals surface area (Å²) in [6.45, 7) is 9.06. The maximum Gasteiger partial charge on any atom is 0.224 e. The van der Waals surface area contributed by atoms with Crippen LogP contribution in [-0.4, -0.2) is 42.6 Å². The van der Waals surface area contributed by atoms with Gasteiger partial charge in [-0.15, -0.1) is 12.4 Å². The molecule has 1 saturated carbocycles. The lowest BCUT2D eigenvalue weighted by atomic mass is 9.58. The molecule has 1 aliphatic carbocycles. The fraction of sp³-hybridized carbons (Fsp3) is 0.933. The monoisotopic (exact) mass is 306 g/mol. The molecule has 1 rings (SSSR count). The molecule has 1 aliphatic rings. The molecule has 5 heteroatoms. The molecule has 120 valence electrons. The number of nitrogens with two attached hydrogens (primary N) is 1. The zero-order chi connectivity index (χ0) is 14.6. The van der Waals surface area contributed by atoms with Gasteiger partial charge in [0.05, 0.1) is 6.10 Å². The Bertz CT molecular complexity index is 306. The number of carbonyl (C=O) groups is 1. The topological polar surface area (TPSA) is 55.6 Å². The number of nitrogens with zero attached hydrogens (tertiary/aromatic N) is 1. The lowest BCUT2D eigenvalue weighted by Gasteiger charge is -2.58. The standard InChI is InChI=1S/C15H30N2O2.ClH/c1-6-15(7-2)12(10-13(15)19-8-3)17(5)14(18)9-11(4)16;/h11-13H,6-10,16H2,1-5H3;1H. The van der Waals surface area contributed by atoms with Crippen LogP contribution in [0.1, 0.15) is 53.4 Å². The van der Waals surface area contributed by atoms with E-state index in [0.29, 0.717) is 18.6 Å². The summed E-state index contributed by atoms with van der Waals surface area (Å²) in [5.41, 5.74) is 5.85. The highest BCUT2D eigenvalue weighted by Gasteiger charge is 2.55. The van der Waals surface area contributed by atoms with E-state index >= 15 is 0 Å². The van der Waals surface area contributed by atoms with Crippen LogP contribution in [0.15, 0.2) is 0 Å². The van der Waals surface area contributed by atoms with Crippen molar-refractivity contribution in [2.75, 3.05) is 13.7 Å². The van der Waals surface area contributed by atoms with E-state index in [0.717, 1.165) is 25.9 Å². The smallest absolute Gasteiger partial charge is 0.224 e. The SMILES string of the molecule is CCOC1CC(N(C)C(=O)CC(C)N)C1(CC)CC.Cl. The van der Waals surface area contributed by atoms with E-state index in [4.69, 9.17) is 10.5 Å². The molecule has 0 aromatic heterocycles. The lowest BCUT2D eigenvalue weighted by molar-refractivity contribution is -0.177. The number of ether oxygens (including phenoxy) is 1. The molecule has 0 spiro atoms. The maximum absolute atomic E-state index is 12.2. The van der Waals surface area contributed by atoms with Crippen molar-refractivity contribution in [3.8, 4) is 0 Å². The summed E-state index contributed by atoms with van der Waals surface area (Å²) >= 11 is 0. The van der Waals surface area contributed by atoms with Crippen LogP contribution < -0.4 is 5.73 Å². The summed E-state index contributed by atoms with van der Waals surface area (Å²) in [5.74, 6) is 0.154. The summed E-state index contributed by atoms with van der Waals surface area (Å²) in [6, 6.07) is 0.223. The van der Waals surface area contributed by atoms with Crippen molar-refractivity contribution in [2.45, 2.75) is 71.6 Å². The Kier molecular flexibility index (Phi) is 8.07. The second-order valence-corrected chi connectivity index (χ2v) is 5.82. The third-order valence-corrected chi connectivity index (χ3v) is 4.78. The van der Waals surface area contributed by atoms with E-state index in [9.17, 15) is 4.79 Å². The van der Waals surface area contributed by atoms with Gasteiger partial charge >= 0.3 is 0 Å². The van der Waals surface area contributed by atoms with E-state index < -0.39 is 0 Å². The van der Waals surface area contributed by atoms with Gasteiger partial charge in [-0.25, -0.2) is 0 Å². The molecule has 2 N–H and O–H groups in total. The molecule has 0 aromatic rings. The van der Waals surface area contributed by atoms with Gasteiger partial charge in [-0.1, -0.05) is 13.8 Å². The minimum absolute atomic E-state index is 0. The molecular formula is C15H31ClN2O2. The first-order chi connectivity index (χ1) is 8.92. The van der Waals surface area contributed by atoms with Gasteiger partial charge in [0.2, 0.25) is 5.91 Å². The van der Waals surface area contributed by atoms with E-state index in [2.05, 4.69) is 13.8 Å². The van der Waals surface area contributed by atoms with Crippen molar-refractivity contribution in [1.82, 2.24) is 4.90 Å². The van der Waals surface area contributed by atoms with Crippen LogP contribution in [0.25, 0.3) is 0 Å². The van der Waals surface area contributed by atoms with Crippen molar-refractivity contribution < 1.29 is 9.53 Å². The number of carbonyl (C=O) groups excluding carboxylic acids is 1. The van der Waals surface area contributed by atoms with E-state index in [1.807, 2.05) is 25.8 Å². The Labute approximate surface area is 129 Å². The van der Waals surface area contributed by atoms with Gasteiger partial charge < -0.3 is 15.4 Å². The quantitative estimate of drug-likeness (QED) is 0.786. The van der Waals surface area contributed by atoms with Crippen molar-refractivity contribution in [1.29, 1.82) is 0 Å². The van der Waals surface area contributed by atoms with Gasteiger partial charge in [-0.3, -0.25) is 4.79 Å². The van der Waals surface area contributed by atoms with Crippen LogP contribution in [0.5, 0.6) is 0 Å². The van der Waals surface area contributed by atoms with Gasteiger partial charge in [0, 0.05) is 37.6 Å². The normalized spacial score (nSPS) is 25.3. The second-order valence-electron chi connectivity index (χ2n) is 5.82. The minimum atomic E-state index is -0.0737. The van der Waals surface area contributed by atoms with Gasteiger partial charge in [0.25, 0.3) is 0 Å². The zero-order valence-electron chi connectivity index (χ0n) is 13.5. The molecule has 0 radical (unpaired) electrons. The summed E-state index contributed by atoms with van der Waals surface area (Å²) in [4.78, 5) is 14.1. The Morgan fingerprint density at radius 3 is 2.35 bits per heavy atom. The minimum Gasteiger partial charge on any atom is -0.378 e. The first-order valence-corrected chi connectivity index (χ1v) is 7.55. The second kappa shape index (κ2) is 8.20. The molecule has 1 fully saturated rings. The van der Waals surface area contributed by atoms with Crippen LogP contribution >= 0.6 is 12.4 Å². The molecule has 0 saturated heterocycles. The Balaban J connectivity index is 0.00000361. The molecule has 3 unspecified atom stereocenters. The third kappa shape index (κ3) is 3.66. The summed E-state index contributed by atoms with van der Waals surface area (Å²) in [6.07, 6.45) is 3.78. The van der Waals surface area contributed by atoms with Gasteiger partial charge in [-0.05, 0) is 33.1 Å². The molecule has 4 nitrogen and oxygen atoms in total. The summed E-state index contributed by atoms with van der Waals surface area (Å²) in [7, 11) is 1.91. The number of amides is 1. The molecule has 0 bridgehead atoms. The molecule has 0 aliphatic heterocycles. The first-order valence-electron chi connectivity index (χ1n) is 7.55. The van der Waals surface area contributed by atoms with E-state index in [1.165, 1.54) is 0 Å². The van der Waals surface area contributed by atoms with E-state index in [-0.39, 0.29) is 29.8 Å². The molecule has 1 amide bonds. The van der Waals surface area contributed by atoms with Crippen LogP contribution in [0.4, 0.5) is 0 Å². The van der Waals surface area contributed by atoms with Crippen molar-refractivity contribution >= 4 is 18.3 Å². The molecule has 0 aromatic carbocycles. The molecule has 0 heterocycles. The highest BCUT2D eigenvalue weighted by Crippen LogP contribution is 2.51. The van der Waals surface area contributed by atoms with Crippen LogP contribution in [0, 0.1) is 5.41 Å². The predicted octanol–water partition coefficient (Wildman–Crippen LogP) is 2.59. The molecule has 3 atom stereocenters. The summed E-state index contributed by atoms with van der Waals surface area (Å²) < 4.78 is 5.85. The number of hydrogen-bond acceptors (Lipinski definition) is 3. The fourth-order valence-corrected chi connectivity index (χ4v) is 3.48. The van der Waals surface area contributed by atoms with Crippen molar-refractivity contribution in [3.05, 3.63) is 0 Å². The number of halogens is 1. The van der Waals surface area contributed by atoms with E-state index in [1.54, 1.807) is 0 Å².